The van der Waals surface area contributed by atoms with Gasteiger partial charge < -0.3 is 15.4 Å². The first kappa shape index (κ1) is 23.2. The van der Waals surface area contributed by atoms with Gasteiger partial charge in [-0.25, -0.2) is 8.42 Å². The van der Waals surface area contributed by atoms with Crippen LogP contribution in [0.2, 0.25) is 0 Å². The number of sulfonamides is 1. The maximum atomic E-state index is 12.6. The molecular weight excluding hydrogens is 406 g/mol. The predicted octanol–water partition coefficient (Wildman–Crippen LogP) is 2.99. The Morgan fingerprint density at radius 2 is 1.50 bits per heavy atom. The molecule has 0 aliphatic carbocycles. The van der Waals surface area contributed by atoms with Gasteiger partial charge in [-0.15, -0.1) is 0 Å². The number of amides is 2. The number of carbonyl (C=O) groups excluding carboxylic acids is 2. The fourth-order valence-electron chi connectivity index (χ4n) is 2.44. The van der Waals surface area contributed by atoms with Gasteiger partial charge >= 0.3 is 0 Å². The van der Waals surface area contributed by atoms with E-state index in [0.717, 1.165) is 0 Å². The average molecular weight is 434 g/mol. The second-order valence-electron chi connectivity index (χ2n) is 7.23. The van der Waals surface area contributed by atoms with Crippen molar-refractivity contribution in [3.8, 4) is 5.75 Å². The van der Waals surface area contributed by atoms with E-state index in [0.29, 0.717) is 29.6 Å². The van der Waals surface area contributed by atoms with Crippen molar-refractivity contribution in [3.05, 3.63) is 48.5 Å². The number of rotatable bonds is 9. The van der Waals surface area contributed by atoms with Crippen molar-refractivity contribution in [2.75, 3.05) is 16.6 Å². The molecule has 0 heterocycles. The van der Waals surface area contributed by atoms with Crippen molar-refractivity contribution < 1.29 is 22.7 Å². The van der Waals surface area contributed by atoms with Gasteiger partial charge in [-0.1, -0.05) is 13.8 Å². The first-order valence-corrected chi connectivity index (χ1v) is 11.0. The van der Waals surface area contributed by atoms with E-state index < -0.39 is 16.1 Å². The Morgan fingerprint density at radius 1 is 0.933 bits per heavy atom. The number of nitrogens with one attached hydrogen (secondary N) is 3. The standard InChI is InChI=1S/C21H27N3O5S/c1-14(2)13-22-21(26)15(3)29-19-9-11-20(12-10-19)30(27,28)24-18-7-5-17(6-8-18)23-16(4)25/h5-12,14-15,24H,13H2,1-4H3,(H,22,26)(H,23,25)/t15-/m0/s1. The van der Waals surface area contributed by atoms with Crippen LogP contribution < -0.4 is 20.1 Å². The number of hydrogen-bond acceptors (Lipinski definition) is 5. The van der Waals surface area contributed by atoms with E-state index in [-0.39, 0.29) is 16.7 Å². The highest BCUT2D eigenvalue weighted by molar-refractivity contribution is 7.92. The lowest BCUT2D eigenvalue weighted by atomic mass is 10.2. The zero-order valence-electron chi connectivity index (χ0n) is 17.4. The summed E-state index contributed by atoms with van der Waals surface area (Å²) in [5.41, 5.74) is 0.929. The van der Waals surface area contributed by atoms with Crippen molar-refractivity contribution in [2.24, 2.45) is 5.92 Å². The summed E-state index contributed by atoms with van der Waals surface area (Å²) in [6.45, 7) is 7.57. The van der Waals surface area contributed by atoms with Crippen molar-refractivity contribution in [1.82, 2.24) is 5.32 Å². The lowest BCUT2D eigenvalue weighted by Crippen LogP contribution is -2.38. The maximum absolute atomic E-state index is 12.6. The second-order valence-corrected chi connectivity index (χ2v) is 8.92. The fraction of sp³-hybridized carbons (Fsp3) is 0.333. The Labute approximate surface area is 177 Å². The summed E-state index contributed by atoms with van der Waals surface area (Å²) in [6, 6.07) is 12.1. The zero-order valence-corrected chi connectivity index (χ0v) is 18.2. The molecule has 0 fully saturated rings. The van der Waals surface area contributed by atoms with Crippen molar-refractivity contribution >= 4 is 33.2 Å². The molecular formula is C21H27N3O5S. The summed E-state index contributed by atoms with van der Waals surface area (Å²) in [7, 11) is -3.80. The third-order valence-electron chi connectivity index (χ3n) is 3.96. The van der Waals surface area contributed by atoms with Crippen molar-refractivity contribution in [1.29, 1.82) is 0 Å². The summed E-state index contributed by atoms with van der Waals surface area (Å²) in [6.07, 6.45) is -0.702. The van der Waals surface area contributed by atoms with E-state index in [4.69, 9.17) is 4.74 Å². The molecule has 0 aromatic heterocycles. The Kier molecular flexibility index (Phi) is 7.82. The van der Waals surface area contributed by atoms with Crippen LogP contribution in [0.1, 0.15) is 27.7 Å². The largest absolute Gasteiger partial charge is 0.481 e. The molecule has 3 N–H and O–H groups in total. The van der Waals surface area contributed by atoms with Gasteiger partial charge in [0.05, 0.1) is 4.90 Å². The van der Waals surface area contributed by atoms with Crippen LogP contribution in [0.3, 0.4) is 0 Å². The van der Waals surface area contributed by atoms with Gasteiger partial charge in [-0.3, -0.25) is 14.3 Å². The van der Waals surface area contributed by atoms with Gasteiger partial charge in [0.25, 0.3) is 15.9 Å². The molecule has 0 unspecified atom stereocenters. The van der Waals surface area contributed by atoms with Gasteiger partial charge in [-0.05, 0) is 61.4 Å². The molecule has 162 valence electrons. The van der Waals surface area contributed by atoms with E-state index in [1.165, 1.54) is 31.2 Å². The SMILES string of the molecule is CC(=O)Nc1ccc(NS(=O)(=O)c2ccc(O[C@@H](C)C(=O)NCC(C)C)cc2)cc1. The Hall–Kier alpha value is -3.07. The van der Waals surface area contributed by atoms with Gasteiger partial charge in [0.15, 0.2) is 6.10 Å². The van der Waals surface area contributed by atoms with Crippen molar-refractivity contribution in [2.45, 2.75) is 38.7 Å². The third-order valence-corrected chi connectivity index (χ3v) is 5.36. The maximum Gasteiger partial charge on any atom is 0.261 e. The number of hydrogen-bond donors (Lipinski definition) is 3. The van der Waals surface area contributed by atoms with Crippen LogP contribution >= 0.6 is 0 Å². The molecule has 1 atom stereocenters. The molecule has 0 aliphatic heterocycles. The predicted molar refractivity (Wildman–Crippen MR) is 116 cm³/mol. The van der Waals surface area contributed by atoms with Crippen LogP contribution in [0.15, 0.2) is 53.4 Å². The van der Waals surface area contributed by atoms with Gasteiger partial charge in [-0.2, -0.15) is 0 Å². The average Bonchev–Trinajstić information content (AvgIpc) is 2.67. The molecule has 0 radical (unpaired) electrons. The molecule has 2 rings (SSSR count). The molecule has 2 aromatic carbocycles. The van der Waals surface area contributed by atoms with Crippen LogP contribution in [-0.4, -0.2) is 32.9 Å². The van der Waals surface area contributed by atoms with Crippen LogP contribution in [0.25, 0.3) is 0 Å². The van der Waals surface area contributed by atoms with E-state index in [1.54, 1.807) is 31.2 Å². The third kappa shape index (κ3) is 7.07. The quantitative estimate of drug-likeness (QED) is 0.563. The summed E-state index contributed by atoms with van der Waals surface area (Å²) >= 11 is 0. The van der Waals surface area contributed by atoms with Gasteiger partial charge in [0.2, 0.25) is 5.91 Å². The Morgan fingerprint density at radius 3 is 2.03 bits per heavy atom. The number of carbonyl (C=O) groups is 2. The van der Waals surface area contributed by atoms with Crippen LogP contribution in [0.5, 0.6) is 5.75 Å². The van der Waals surface area contributed by atoms with Gasteiger partial charge in [0.1, 0.15) is 5.75 Å². The minimum absolute atomic E-state index is 0.0534. The number of benzene rings is 2. The molecule has 30 heavy (non-hydrogen) atoms. The van der Waals surface area contributed by atoms with Crippen LogP contribution in [-0.2, 0) is 19.6 Å². The highest BCUT2D eigenvalue weighted by atomic mass is 32.2. The molecule has 8 nitrogen and oxygen atoms in total. The monoisotopic (exact) mass is 433 g/mol. The van der Waals surface area contributed by atoms with E-state index >= 15 is 0 Å². The van der Waals surface area contributed by atoms with Crippen LogP contribution in [0.4, 0.5) is 11.4 Å². The van der Waals surface area contributed by atoms with E-state index in [9.17, 15) is 18.0 Å². The second kappa shape index (κ2) is 10.1. The minimum Gasteiger partial charge on any atom is -0.481 e. The summed E-state index contributed by atoms with van der Waals surface area (Å²) in [5, 5.41) is 5.40. The first-order valence-electron chi connectivity index (χ1n) is 9.51. The van der Waals surface area contributed by atoms with E-state index in [1.807, 2.05) is 13.8 Å². The Bertz CT molecular complexity index is 971. The number of ether oxygens (including phenoxy) is 1. The summed E-state index contributed by atoms with van der Waals surface area (Å²) in [5.74, 6) is 0.280. The van der Waals surface area contributed by atoms with Crippen LogP contribution in [0, 0.1) is 5.92 Å². The topological polar surface area (TPSA) is 114 Å². The molecule has 0 spiro atoms. The Balaban J connectivity index is 2.00. The van der Waals surface area contributed by atoms with E-state index in [2.05, 4.69) is 15.4 Å². The summed E-state index contributed by atoms with van der Waals surface area (Å²) < 4.78 is 33.2. The lowest BCUT2D eigenvalue weighted by Gasteiger charge is -2.16. The van der Waals surface area contributed by atoms with Gasteiger partial charge in [0, 0.05) is 24.8 Å². The molecule has 0 bridgehead atoms. The number of anilines is 2. The summed E-state index contributed by atoms with van der Waals surface area (Å²) in [4.78, 5) is 23.1. The van der Waals surface area contributed by atoms with Crippen molar-refractivity contribution in [3.63, 3.8) is 0 Å². The molecule has 0 aliphatic rings. The highest BCUT2D eigenvalue weighted by Crippen LogP contribution is 2.21. The first-order chi connectivity index (χ1) is 14.1. The normalized spacial score (nSPS) is 12.2. The molecule has 2 aromatic rings. The smallest absolute Gasteiger partial charge is 0.261 e. The molecule has 0 saturated heterocycles. The molecule has 9 heteroatoms. The zero-order chi connectivity index (χ0) is 22.3. The fourth-order valence-corrected chi connectivity index (χ4v) is 3.50. The highest BCUT2D eigenvalue weighted by Gasteiger charge is 2.17. The molecule has 0 saturated carbocycles. The molecule has 2 amide bonds. The minimum atomic E-state index is -3.80. The lowest BCUT2D eigenvalue weighted by molar-refractivity contribution is -0.127.